The summed E-state index contributed by atoms with van der Waals surface area (Å²) in [6.07, 6.45) is 1.84. The third-order valence-electron chi connectivity index (χ3n) is 6.18. The molecule has 2 aromatic carbocycles. The van der Waals surface area contributed by atoms with Gasteiger partial charge in [-0.05, 0) is 41.7 Å². The molecule has 0 spiro atoms. The number of hydrogen-bond acceptors (Lipinski definition) is 3. The van der Waals surface area contributed by atoms with Crippen molar-refractivity contribution in [3.8, 4) is 11.1 Å². The van der Waals surface area contributed by atoms with Crippen molar-refractivity contribution in [1.82, 2.24) is 9.47 Å². The average molecular weight is 534 g/mol. The van der Waals surface area contributed by atoms with Crippen molar-refractivity contribution >= 4 is 24.3 Å². The van der Waals surface area contributed by atoms with Crippen LogP contribution >= 0.6 is 12.4 Å². The Labute approximate surface area is 222 Å². The highest BCUT2D eigenvalue weighted by molar-refractivity contribution is 5.85. The van der Waals surface area contributed by atoms with Crippen LogP contribution in [0.1, 0.15) is 51.4 Å². The van der Waals surface area contributed by atoms with Crippen LogP contribution in [0.5, 0.6) is 0 Å². The molecule has 2 unspecified atom stereocenters. The van der Waals surface area contributed by atoms with Crippen LogP contribution in [-0.4, -0.2) is 39.0 Å². The first-order valence-electron chi connectivity index (χ1n) is 11.8. The van der Waals surface area contributed by atoms with Crippen molar-refractivity contribution in [2.45, 2.75) is 52.7 Å². The van der Waals surface area contributed by atoms with Gasteiger partial charge in [-0.1, -0.05) is 51.1 Å². The summed E-state index contributed by atoms with van der Waals surface area (Å²) in [7, 11) is 0. The summed E-state index contributed by atoms with van der Waals surface area (Å²) >= 11 is 0. The van der Waals surface area contributed by atoms with Crippen molar-refractivity contribution in [1.29, 1.82) is 0 Å². The first kappa shape index (κ1) is 30.0. The van der Waals surface area contributed by atoms with E-state index in [4.69, 9.17) is 5.73 Å². The molecule has 0 aliphatic carbocycles. The molecule has 3 aromatic rings. The van der Waals surface area contributed by atoms with Crippen molar-refractivity contribution in [3.63, 3.8) is 0 Å². The standard InChI is InChI=1S/C28H33F2N3O3.ClH/c1-18(34)33(13-12-24(31)27(35)36)26(28(2,3)4)25-14-20(22-15-21(29)10-11-23(22)30)17-32(25)16-19-8-6-5-7-9-19;/h5-11,14-15,17,24,26H,12-13,16,31H2,1-4H3,(H,35,36);1H. The smallest absolute Gasteiger partial charge is 0.320 e. The number of nitrogens with two attached hydrogens (primary N) is 1. The zero-order valence-electron chi connectivity index (χ0n) is 21.4. The van der Waals surface area contributed by atoms with Gasteiger partial charge in [0.2, 0.25) is 5.91 Å². The second-order valence-corrected chi connectivity index (χ2v) is 10.1. The molecule has 1 aromatic heterocycles. The van der Waals surface area contributed by atoms with Crippen molar-refractivity contribution < 1.29 is 23.5 Å². The number of nitrogens with zero attached hydrogens (tertiary/aromatic N) is 2. The number of amides is 1. The van der Waals surface area contributed by atoms with Crippen LogP contribution in [0.2, 0.25) is 0 Å². The maximum Gasteiger partial charge on any atom is 0.320 e. The summed E-state index contributed by atoms with van der Waals surface area (Å²) in [5, 5.41) is 9.24. The zero-order chi connectivity index (χ0) is 26.6. The molecule has 0 aliphatic heterocycles. The minimum atomic E-state index is -1.14. The van der Waals surface area contributed by atoms with Crippen LogP contribution in [0.4, 0.5) is 8.78 Å². The molecule has 200 valence electrons. The minimum absolute atomic E-state index is 0. The summed E-state index contributed by atoms with van der Waals surface area (Å²) in [6.45, 7) is 7.95. The molecular weight excluding hydrogens is 500 g/mol. The fraction of sp³-hybridized carbons (Fsp3) is 0.357. The van der Waals surface area contributed by atoms with Gasteiger partial charge in [0.05, 0.1) is 6.04 Å². The van der Waals surface area contributed by atoms with Crippen LogP contribution in [0.15, 0.2) is 60.8 Å². The molecule has 0 aliphatic rings. The number of aliphatic carboxylic acids is 1. The summed E-state index contributed by atoms with van der Waals surface area (Å²) in [4.78, 5) is 25.8. The quantitative estimate of drug-likeness (QED) is 0.372. The number of halogens is 3. The molecule has 1 amide bonds. The van der Waals surface area contributed by atoms with E-state index in [0.717, 1.165) is 29.5 Å². The van der Waals surface area contributed by atoms with Crippen LogP contribution in [0.25, 0.3) is 11.1 Å². The lowest BCUT2D eigenvalue weighted by Gasteiger charge is -2.40. The second kappa shape index (κ2) is 12.3. The van der Waals surface area contributed by atoms with Crippen LogP contribution in [0, 0.1) is 17.0 Å². The molecule has 0 bridgehead atoms. The molecule has 1 heterocycles. The van der Waals surface area contributed by atoms with E-state index >= 15 is 0 Å². The molecule has 0 saturated heterocycles. The van der Waals surface area contributed by atoms with Gasteiger partial charge in [-0.2, -0.15) is 0 Å². The molecular formula is C28H34ClF2N3O3. The Morgan fingerprint density at radius 2 is 1.73 bits per heavy atom. The molecule has 37 heavy (non-hydrogen) atoms. The Morgan fingerprint density at radius 1 is 1.08 bits per heavy atom. The number of carbonyl (C=O) groups is 2. The Morgan fingerprint density at radius 3 is 2.30 bits per heavy atom. The van der Waals surface area contributed by atoms with Gasteiger partial charge in [0.15, 0.2) is 0 Å². The van der Waals surface area contributed by atoms with Gasteiger partial charge in [0.1, 0.15) is 17.7 Å². The lowest BCUT2D eigenvalue weighted by atomic mass is 9.82. The third kappa shape index (κ3) is 7.40. The van der Waals surface area contributed by atoms with E-state index in [9.17, 15) is 23.5 Å². The van der Waals surface area contributed by atoms with E-state index in [0.29, 0.717) is 12.1 Å². The van der Waals surface area contributed by atoms with E-state index in [-0.39, 0.29) is 36.8 Å². The van der Waals surface area contributed by atoms with Gasteiger partial charge in [-0.25, -0.2) is 8.78 Å². The Kier molecular flexibility index (Phi) is 10.0. The maximum atomic E-state index is 14.7. The highest BCUT2D eigenvalue weighted by atomic mass is 35.5. The third-order valence-corrected chi connectivity index (χ3v) is 6.18. The molecule has 3 rings (SSSR count). The van der Waals surface area contributed by atoms with Gasteiger partial charge in [-0.15, -0.1) is 12.4 Å². The molecule has 2 atom stereocenters. The number of aromatic nitrogens is 1. The Balaban J connectivity index is 0.00000481. The average Bonchev–Trinajstić information content (AvgIpc) is 3.19. The van der Waals surface area contributed by atoms with E-state index < -0.39 is 35.1 Å². The van der Waals surface area contributed by atoms with E-state index in [1.807, 2.05) is 55.7 Å². The number of carboxylic acids is 1. The molecule has 6 nitrogen and oxygen atoms in total. The summed E-state index contributed by atoms with van der Waals surface area (Å²) in [5.74, 6) is -2.48. The van der Waals surface area contributed by atoms with Gasteiger partial charge >= 0.3 is 5.97 Å². The summed E-state index contributed by atoms with van der Waals surface area (Å²) in [5.41, 5.74) is 7.58. The summed E-state index contributed by atoms with van der Waals surface area (Å²) < 4.78 is 30.7. The van der Waals surface area contributed by atoms with E-state index in [1.165, 1.54) is 6.92 Å². The number of rotatable bonds is 9. The SMILES string of the molecule is CC(=O)N(CCC(N)C(=O)O)C(c1cc(-c2cc(F)ccc2F)cn1Cc1ccccc1)C(C)(C)C.Cl. The van der Waals surface area contributed by atoms with Gasteiger partial charge in [-0.3, -0.25) is 9.59 Å². The first-order valence-corrected chi connectivity index (χ1v) is 11.8. The van der Waals surface area contributed by atoms with E-state index in [2.05, 4.69) is 0 Å². The molecule has 0 fully saturated rings. The number of carbonyl (C=O) groups excluding carboxylic acids is 1. The zero-order valence-corrected chi connectivity index (χ0v) is 22.3. The highest BCUT2D eigenvalue weighted by Gasteiger charge is 2.36. The fourth-order valence-corrected chi connectivity index (χ4v) is 4.48. The first-order chi connectivity index (χ1) is 16.9. The molecule has 9 heteroatoms. The van der Waals surface area contributed by atoms with Crippen LogP contribution < -0.4 is 5.73 Å². The maximum absolute atomic E-state index is 14.7. The molecule has 3 N–H and O–H groups in total. The largest absolute Gasteiger partial charge is 0.480 e. The van der Waals surface area contributed by atoms with Gasteiger partial charge in [0, 0.05) is 43.0 Å². The van der Waals surface area contributed by atoms with Gasteiger partial charge < -0.3 is 20.3 Å². The molecule has 0 radical (unpaired) electrons. The summed E-state index contributed by atoms with van der Waals surface area (Å²) in [6, 6.07) is 13.2. The van der Waals surface area contributed by atoms with Gasteiger partial charge in [0.25, 0.3) is 0 Å². The van der Waals surface area contributed by atoms with Crippen LogP contribution in [0.3, 0.4) is 0 Å². The second-order valence-electron chi connectivity index (χ2n) is 10.1. The highest BCUT2D eigenvalue weighted by Crippen LogP contribution is 2.41. The Hall–Kier alpha value is -3.23. The lowest BCUT2D eigenvalue weighted by Crippen LogP contribution is -2.44. The minimum Gasteiger partial charge on any atom is -0.480 e. The monoisotopic (exact) mass is 533 g/mol. The number of hydrogen-bond donors (Lipinski definition) is 2. The predicted molar refractivity (Wildman–Crippen MR) is 142 cm³/mol. The normalized spacial score (nSPS) is 12.9. The Bertz CT molecular complexity index is 1230. The lowest BCUT2D eigenvalue weighted by molar-refractivity contribution is -0.140. The van der Waals surface area contributed by atoms with Crippen molar-refractivity contribution in [2.75, 3.05) is 6.54 Å². The number of carboxylic acid groups (broad SMARTS) is 1. The molecule has 0 saturated carbocycles. The number of benzene rings is 2. The fourth-order valence-electron chi connectivity index (χ4n) is 4.48. The van der Waals surface area contributed by atoms with Crippen molar-refractivity contribution in [2.24, 2.45) is 11.1 Å². The van der Waals surface area contributed by atoms with Crippen LogP contribution in [-0.2, 0) is 16.1 Å². The predicted octanol–water partition coefficient (Wildman–Crippen LogP) is 5.64. The topological polar surface area (TPSA) is 88.6 Å². The van der Waals surface area contributed by atoms with Crippen molar-refractivity contribution in [3.05, 3.63) is 83.7 Å². The van der Waals surface area contributed by atoms with E-state index in [1.54, 1.807) is 17.2 Å².